The Hall–Kier alpha value is -0.340. The minimum Gasteiger partial charge on any atom is -0.313 e. The van der Waals surface area contributed by atoms with E-state index in [-0.39, 0.29) is 0 Å². The summed E-state index contributed by atoms with van der Waals surface area (Å²) in [6.07, 6.45) is 8.13. The molecule has 0 amide bonds. The highest BCUT2D eigenvalue weighted by Crippen LogP contribution is 2.21. The van der Waals surface area contributed by atoms with Gasteiger partial charge in [0.25, 0.3) is 0 Å². The third-order valence-corrected chi connectivity index (χ3v) is 3.59. The van der Waals surface area contributed by atoms with Crippen LogP contribution >= 0.6 is 11.3 Å². The lowest BCUT2D eigenvalue weighted by Crippen LogP contribution is -2.15. The maximum Gasteiger partial charge on any atom is 0.0325 e. The first-order valence-electron chi connectivity index (χ1n) is 6.07. The second kappa shape index (κ2) is 7.89. The molecule has 0 saturated heterocycles. The van der Waals surface area contributed by atoms with Crippen LogP contribution in [0.15, 0.2) is 16.8 Å². The summed E-state index contributed by atoms with van der Waals surface area (Å²) < 4.78 is 0. The Balaban J connectivity index is 2.18. The van der Waals surface area contributed by atoms with E-state index >= 15 is 0 Å². The van der Waals surface area contributed by atoms with E-state index in [1.165, 1.54) is 44.1 Å². The quantitative estimate of drug-likeness (QED) is 0.648. The zero-order chi connectivity index (χ0) is 10.9. The predicted molar refractivity (Wildman–Crippen MR) is 69.5 cm³/mol. The largest absolute Gasteiger partial charge is 0.313 e. The van der Waals surface area contributed by atoms with Gasteiger partial charge in [0.15, 0.2) is 0 Å². The summed E-state index contributed by atoms with van der Waals surface area (Å²) in [5.41, 5.74) is 1.46. The predicted octanol–water partition coefficient (Wildman–Crippen LogP) is 4.37. The average molecular weight is 225 g/mol. The van der Waals surface area contributed by atoms with Crippen molar-refractivity contribution in [3.8, 4) is 0 Å². The van der Waals surface area contributed by atoms with Gasteiger partial charge in [-0.2, -0.15) is 11.3 Å². The van der Waals surface area contributed by atoms with Gasteiger partial charge in [0.1, 0.15) is 0 Å². The van der Waals surface area contributed by atoms with Gasteiger partial charge < -0.3 is 5.32 Å². The standard InChI is InChI=1S/C13H23NS/c1-3-4-5-6-7-8-13(14-2)12-9-10-15-11-12/h9-11,13-14H,3-8H2,1-2H3. The van der Waals surface area contributed by atoms with Crippen molar-refractivity contribution in [2.24, 2.45) is 0 Å². The first-order valence-corrected chi connectivity index (χ1v) is 7.02. The van der Waals surface area contributed by atoms with Crippen molar-refractivity contribution >= 4 is 11.3 Å². The maximum absolute atomic E-state index is 3.40. The number of unbranched alkanes of at least 4 members (excludes halogenated alkanes) is 4. The van der Waals surface area contributed by atoms with E-state index in [1.54, 1.807) is 11.3 Å². The van der Waals surface area contributed by atoms with Gasteiger partial charge in [0.05, 0.1) is 0 Å². The third kappa shape index (κ3) is 4.80. The lowest BCUT2D eigenvalue weighted by atomic mass is 10.0. The van der Waals surface area contributed by atoms with E-state index in [2.05, 4.69) is 36.1 Å². The zero-order valence-corrected chi connectivity index (χ0v) is 10.8. The fraction of sp³-hybridized carbons (Fsp3) is 0.692. The molecule has 1 nitrogen and oxygen atoms in total. The van der Waals surface area contributed by atoms with Crippen LogP contribution < -0.4 is 5.32 Å². The molecule has 0 fully saturated rings. The van der Waals surface area contributed by atoms with Gasteiger partial charge in [-0.15, -0.1) is 0 Å². The van der Waals surface area contributed by atoms with E-state index in [4.69, 9.17) is 0 Å². The van der Waals surface area contributed by atoms with Crippen LogP contribution in [0.5, 0.6) is 0 Å². The van der Waals surface area contributed by atoms with E-state index in [9.17, 15) is 0 Å². The van der Waals surface area contributed by atoms with Crippen LogP contribution in [0.25, 0.3) is 0 Å². The second-order valence-electron chi connectivity index (χ2n) is 4.10. The van der Waals surface area contributed by atoms with Gasteiger partial charge in [-0.25, -0.2) is 0 Å². The van der Waals surface area contributed by atoms with Gasteiger partial charge in [0, 0.05) is 6.04 Å². The summed E-state index contributed by atoms with van der Waals surface area (Å²) in [5, 5.41) is 7.82. The molecule has 0 aromatic carbocycles. The Morgan fingerprint density at radius 3 is 2.67 bits per heavy atom. The number of hydrogen-bond donors (Lipinski definition) is 1. The second-order valence-corrected chi connectivity index (χ2v) is 4.88. The van der Waals surface area contributed by atoms with Gasteiger partial charge in [0.2, 0.25) is 0 Å². The van der Waals surface area contributed by atoms with Crippen LogP contribution in [0.2, 0.25) is 0 Å². The molecule has 0 radical (unpaired) electrons. The summed E-state index contributed by atoms with van der Waals surface area (Å²) in [5.74, 6) is 0. The molecule has 1 unspecified atom stereocenters. The topological polar surface area (TPSA) is 12.0 Å². The normalized spacial score (nSPS) is 12.9. The first kappa shape index (κ1) is 12.7. The number of rotatable bonds is 8. The fourth-order valence-corrected chi connectivity index (χ4v) is 2.62. The molecule has 2 heteroatoms. The SMILES string of the molecule is CCCCCCCC(NC)c1ccsc1. The van der Waals surface area contributed by atoms with Gasteiger partial charge in [-0.05, 0) is 35.9 Å². The summed E-state index contributed by atoms with van der Waals surface area (Å²) in [6.45, 7) is 2.27. The Morgan fingerprint density at radius 1 is 1.27 bits per heavy atom. The lowest BCUT2D eigenvalue weighted by Gasteiger charge is -2.14. The van der Waals surface area contributed by atoms with Crippen LogP contribution in [0, 0.1) is 0 Å². The summed E-state index contributed by atoms with van der Waals surface area (Å²) >= 11 is 1.79. The van der Waals surface area contributed by atoms with Crippen LogP contribution in [0.4, 0.5) is 0 Å². The molecule has 0 bridgehead atoms. The highest BCUT2D eigenvalue weighted by molar-refractivity contribution is 7.07. The number of hydrogen-bond acceptors (Lipinski definition) is 2. The molecule has 1 N–H and O–H groups in total. The summed E-state index contributed by atoms with van der Waals surface area (Å²) in [4.78, 5) is 0. The van der Waals surface area contributed by atoms with Crippen molar-refractivity contribution < 1.29 is 0 Å². The Labute approximate surface area is 97.9 Å². The van der Waals surface area contributed by atoms with Gasteiger partial charge >= 0.3 is 0 Å². The van der Waals surface area contributed by atoms with Crippen LogP contribution in [0.3, 0.4) is 0 Å². The maximum atomic E-state index is 3.40. The molecule has 86 valence electrons. The number of nitrogens with one attached hydrogen (secondary N) is 1. The molecule has 0 aliphatic carbocycles. The first-order chi connectivity index (χ1) is 7.38. The lowest BCUT2D eigenvalue weighted by molar-refractivity contribution is 0.502. The Morgan fingerprint density at radius 2 is 2.07 bits per heavy atom. The molecule has 1 heterocycles. The monoisotopic (exact) mass is 225 g/mol. The fourth-order valence-electron chi connectivity index (χ4n) is 1.90. The van der Waals surface area contributed by atoms with Crippen molar-refractivity contribution in [1.82, 2.24) is 5.32 Å². The zero-order valence-electron chi connectivity index (χ0n) is 9.96. The molecule has 0 saturated carbocycles. The van der Waals surface area contributed by atoms with Crippen molar-refractivity contribution in [3.63, 3.8) is 0 Å². The molecule has 1 atom stereocenters. The molecule has 1 aromatic rings. The number of thiophene rings is 1. The molecule has 1 aromatic heterocycles. The molecular formula is C13H23NS. The highest BCUT2D eigenvalue weighted by atomic mass is 32.1. The van der Waals surface area contributed by atoms with E-state index in [0.717, 1.165) is 0 Å². The van der Waals surface area contributed by atoms with Crippen molar-refractivity contribution in [1.29, 1.82) is 0 Å². The molecule has 15 heavy (non-hydrogen) atoms. The van der Waals surface area contributed by atoms with Gasteiger partial charge in [-0.1, -0.05) is 39.0 Å². The Bertz CT molecular complexity index is 231. The molecular weight excluding hydrogens is 202 g/mol. The smallest absolute Gasteiger partial charge is 0.0325 e. The third-order valence-electron chi connectivity index (χ3n) is 2.89. The minimum atomic E-state index is 0.567. The van der Waals surface area contributed by atoms with E-state index in [0.29, 0.717) is 6.04 Å². The van der Waals surface area contributed by atoms with E-state index < -0.39 is 0 Å². The van der Waals surface area contributed by atoms with Crippen LogP contribution in [-0.4, -0.2) is 7.05 Å². The van der Waals surface area contributed by atoms with Crippen LogP contribution in [-0.2, 0) is 0 Å². The molecule has 1 rings (SSSR count). The van der Waals surface area contributed by atoms with Crippen molar-refractivity contribution in [2.45, 2.75) is 51.5 Å². The summed E-state index contributed by atoms with van der Waals surface area (Å²) in [7, 11) is 2.06. The summed E-state index contributed by atoms with van der Waals surface area (Å²) in [6, 6.07) is 2.80. The van der Waals surface area contributed by atoms with E-state index in [1.807, 2.05) is 0 Å². The average Bonchev–Trinajstić information content (AvgIpc) is 2.77. The van der Waals surface area contributed by atoms with Crippen LogP contribution in [0.1, 0.15) is 57.1 Å². The minimum absolute atomic E-state index is 0.567. The Kier molecular flexibility index (Phi) is 6.69. The highest BCUT2D eigenvalue weighted by Gasteiger charge is 2.08. The molecule has 0 spiro atoms. The van der Waals surface area contributed by atoms with Crippen molar-refractivity contribution in [2.75, 3.05) is 7.05 Å². The van der Waals surface area contributed by atoms with Gasteiger partial charge in [-0.3, -0.25) is 0 Å². The molecule has 0 aliphatic heterocycles. The van der Waals surface area contributed by atoms with Crippen molar-refractivity contribution in [3.05, 3.63) is 22.4 Å². The molecule has 0 aliphatic rings.